The van der Waals surface area contributed by atoms with E-state index in [0.717, 1.165) is 5.69 Å². The Hall–Kier alpha value is -0.980. The normalized spacial score (nSPS) is 14.6. The maximum absolute atomic E-state index is 5.75. The van der Waals surface area contributed by atoms with Crippen LogP contribution in [0, 0.1) is 20.8 Å². The molecule has 15 heavy (non-hydrogen) atoms. The number of nitrogen functional groups attached to an aromatic ring is 1. The summed E-state index contributed by atoms with van der Waals surface area (Å²) >= 11 is 0. The van der Waals surface area contributed by atoms with E-state index in [2.05, 4.69) is 19.1 Å². The van der Waals surface area contributed by atoms with E-state index in [1.54, 1.807) is 0 Å². The van der Waals surface area contributed by atoms with E-state index < -0.39 is 0 Å². The van der Waals surface area contributed by atoms with Crippen LogP contribution in [0.15, 0.2) is 12.1 Å². The minimum atomic E-state index is 0.922. The molecule has 0 amide bonds. The van der Waals surface area contributed by atoms with Gasteiger partial charge in [0.05, 0.1) is 0 Å². The second-order valence-corrected chi connectivity index (χ2v) is 4.58. The van der Waals surface area contributed by atoms with Gasteiger partial charge in [-0.2, -0.15) is 0 Å². The molecule has 1 aliphatic rings. The molecule has 0 spiro atoms. The van der Waals surface area contributed by atoms with Gasteiger partial charge in [-0.15, -0.1) is 0 Å². The van der Waals surface area contributed by atoms with Crippen LogP contribution in [0.3, 0.4) is 0 Å². The fourth-order valence-corrected chi connectivity index (χ4v) is 2.08. The summed E-state index contributed by atoms with van der Waals surface area (Å²) in [6, 6.07) is 4.20. The summed E-state index contributed by atoms with van der Waals surface area (Å²) in [5.41, 5.74) is 10.3. The van der Waals surface area contributed by atoms with E-state index in [-0.39, 0.29) is 0 Å². The molecule has 2 rings (SSSR count). The van der Waals surface area contributed by atoms with Gasteiger partial charge < -0.3 is 5.73 Å². The van der Waals surface area contributed by atoms with Crippen LogP contribution in [-0.4, -0.2) is 0 Å². The minimum absolute atomic E-state index is 0.922. The third kappa shape index (κ3) is 3.94. The SMILES string of the molecule is C1CCCC1.Cc1cc(C)c(N)c(C)c1. The molecule has 0 aromatic heterocycles. The van der Waals surface area contributed by atoms with Gasteiger partial charge in [-0.25, -0.2) is 0 Å². The van der Waals surface area contributed by atoms with Gasteiger partial charge in [-0.05, 0) is 31.9 Å². The van der Waals surface area contributed by atoms with Crippen LogP contribution >= 0.6 is 0 Å². The second-order valence-electron chi connectivity index (χ2n) is 4.58. The number of benzene rings is 1. The zero-order valence-electron chi connectivity index (χ0n) is 10.3. The number of rotatable bonds is 0. The van der Waals surface area contributed by atoms with Gasteiger partial charge in [0.25, 0.3) is 0 Å². The third-order valence-electron chi connectivity index (χ3n) is 2.99. The Labute approximate surface area is 93.7 Å². The lowest BCUT2D eigenvalue weighted by Crippen LogP contribution is -1.93. The highest BCUT2D eigenvalue weighted by molar-refractivity contribution is 5.54. The van der Waals surface area contributed by atoms with Gasteiger partial charge in [0.15, 0.2) is 0 Å². The van der Waals surface area contributed by atoms with Crippen LogP contribution in [0.2, 0.25) is 0 Å². The molecule has 1 aliphatic carbocycles. The van der Waals surface area contributed by atoms with Gasteiger partial charge >= 0.3 is 0 Å². The minimum Gasteiger partial charge on any atom is -0.398 e. The number of hydrogen-bond donors (Lipinski definition) is 1. The highest BCUT2D eigenvalue weighted by Crippen LogP contribution is 2.17. The van der Waals surface area contributed by atoms with Crippen LogP contribution in [0.4, 0.5) is 5.69 Å². The topological polar surface area (TPSA) is 26.0 Å². The lowest BCUT2D eigenvalue weighted by molar-refractivity contribution is 0.886. The summed E-state index contributed by atoms with van der Waals surface area (Å²) in [4.78, 5) is 0. The zero-order valence-corrected chi connectivity index (χ0v) is 10.3. The third-order valence-corrected chi connectivity index (χ3v) is 2.99. The van der Waals surface area contributed by atoms with Crippen molar-refractivity contribution in [3.05, 3.63) is 28.8 Å². The maximum Gasteiger partial charge on any atom is 0.0373 e. The van der Waals surface area contributed by atoms with E-state index in [1.165, 1.54) is 48.8 Å². The summed E-state index contributed by atoms with van der Waals surface area (Å²) in [6.45, 7) is 6.16. The Kier molecular flexibility index (Phi) is 4.67. The molecule has 0 atom stereocenters. The Morgan fingerprint density at radius 3 is 1.47 bits per heavy atom. The zero-order chi connectivity index (χ0) is 11.3. The van der Waals surface area contributed by atoms with Crippen LogP contribution in [0.5, 0.6) is 0 Å². The molecule has 0 saturated heterocycles. The molecule has 0 aliphatic heterocycles. The average Bonchev–Trinajstić information content (AvgIpc) is 2.71. The van der Waals surface area contributed by atoms with E-state index in [9.17, 15) is 0 Å². The molecule has 84 valence electrons. The average molecular weight is 205 g/mol. The largest absolute Gasteiger partial charge is 0.398 e. The van der Waals surface area contributed by atoms with E-state index in [4.69, 9.17) is 5.73 Å². The van der Waals surface area contributed by atoms with Crippen molar-refractivity contribution in [2.24, 2.45) is 0 Å². The fraction of sp³-hybridized carbons (Fsp3) is 0.571. The van der Waals surface area contributed by atoms with Gasteiger partial charge in [-0.3, -0.25) is 0 Å². The summed E-state index contributed by atoms with van der Waals surface area (Å²) in [6.07, 6.45) is 7.50. The monoisotopic (exact) mass is 205 g/mol. The molecule has 1 aromatic carbocycles. The lowest BCUT2D eigenvalue weighted by Gasteiger charge is -2.04. The van der Waals surface area contributed by atoms with Crippen molar-refractivity contribution in [2.75, 3.05) is 5.73 Å². The molecule has 0 unspecified atom stereocenters. The van der Waals surface area contributed by atoms with E-state index >= 15 is 0 Å². The molecule has 1 nitrogen and oxygen atoms in total. The molecular weight excluding hydrogens is 182 g/mol. The predicted molar refractivity (Wildman–Crippen MR) is 68.2 cm³/mol. The molecule has 0 heterocycles. The molecular formula is C14H23N. The van der Waals surface area contributed by atoms with E-state index in [0.29, 0.717) is 0 Å². The van der Waals surface area contributed by atoms with Crippen molar-refractivity contribution in [2.45, 2.75) is 52.9 Å². The highest BCUT2D eigenvalue weighted by atomic mass is 14.6. The molecule has 0 radical (unpaired) electrons. The summed E-state index contributed by atoms with van der Waals surface area (Å²) < 4.78 is 0. The molecule has 0 bridgehead atoms. The fourth-order valence-electron chi connectivity index (χ4n) is 2.08. The number of aryl methyl sites for hydroxylation is 3. The first kappa shape index (κ1) is 12.1. The first-order chi connectivity index (χ1) is 7.11. The smallest absolute Gasteiger partial charge is 0.0373 e. The van der Waals surface area contributed by atoms with Crippen LogP contribution in [0.25, 0.3) is 0 Å². The van der Waals surface area contributed by atoms with Crippen molar-refractivity contribution in [1.29, 1.82) is 0 Å². The highest BCUT2D eigenvalue weighted by Gasteiger charge is 1.97. The van der Waals surface area contributed by atoms with Crippen molar-refractivity contribution in [3.8, 4) is 0 Å². The van der Waals surface area contributed by atoms with Crippen molar-refractivity contribution in [3.63, 3.8) is 0 Å². The maximum atomic E-state index is 5.75. The molecule has 1 heteroatoms. The van der Waals surface area contributed by atoms with Gasteiger partial charge in [0.2, 0.25) is 0 Å². The quantitative estimate of drug-likeness (QED) is 0.633. The first-order valence-electron chi connectivity index (χ1n) is 5.94. The Morgan fingerprint density at radius 1 is 0.800 bits per heavy atom. The standard InChI is InChI=1S/C9H13N.C5H10/c1-6-4-7(2)9(10)8(3)5-6;1-2-4-5-3-1/h4-5H,10H2,1-3H3;1-5H2. The van der Waals surface area contributed by atoms with Gasteiger partial charge in [-0.1, -0.05) is 49.8 Å². The van der Waals surface area contributed by atoms with Crippen LogP contribution < -0.4 is 5.73 Å². The Morgan fingerprint density at radius 2 is 1.13 bits per heavy atom. The number of hydrogen-bond acceptors (Lipinski definition) is 1. The van der Waals surface area contributed by atoms with Gasteiger partial charge in [0.1, 0.15) is 0 Å². The van der Waals surface area contributed by atoms with Crippen LogP contribution in [0.1, 0.15) is 48.8 Å². The second kappa shape index (κ2) is 5.79. The number of nitrogens with two attached hydrogens (primary N) is 1. The molecule has 1 aromatic rings. The van der Waals surface area contributed by atoms with Crippen molar-refractivity contribution >= 4 is 5.69 Å². The van der Waals surface area contributed by atoms with Crippen LogP contribution in [-0.2, 0) is 0 Å². The van der Waals surface area contributed by atoms with Crippen molar-refractivity contribution in [1.82, 2.24) is 0 Å². The Bertz CT molecular complexity index is 281. The molecule has 1 fully saturated rings. The molecule has 1 saturated carbocycles. The Balaban J connectivity index is 0.000000187. The first-order valence-corrected chi connectivity index (χ1v) is 5.94. The molecule has 2 N–H and O–H groups in total. The summed E-state index contributed by atoms with van der Waals surface area (Å²) in [7, 11) is 0. The van der Waals surface area contributed by atoms with Gasteiger partial charge in [0, 0.05) is 5.69 Å². The summed E-state index contributed by atoms with van der Waals surface area (Å²) in [5, 5.41) is 0. The predicted octanol–water partition coefficient (Wildman–Crippen LogP) is 4.14. The van der Waals surface area contributed by atoms with E-state index in [1.807, 2.05) is 13.8 Å². The summed E-state index contributed by atoms with van der Waals surface area (Å²) in [5.74, 6) is 0. The lowest BCUT2D eigenvalue weighted by atomic mass is 10.1. The number of anilines is 1. The van der Waals surface area contributed by atoms with Crippen molar-refractivity contribution < 1.29 is 0 Å².